The first kappa shape index (κ1) is 11.2. The molecule has 0 spiro atoms. The molecule has 1 aromatic heterocycles. The van der Waals surface area contributed by atoms with Crippen molar-refractivity contribution in [2.45, 2.75) is 13.3 Å². The molecule has 0 saturated heterocycles. The summed E-state index contributed by atoms with van der Waals surface area (Å²) in [5, 5.41) is 4.29. The number of fused-ring (bicyclic) bond motifs is 1. The van der Waals surface area contributed by atoms with Crippen LogP contribution in [0.15, 0.2) is 48.5 Å². The molecule has 2 aromatic carbocycles. The Morgan fingerprint density at radius 1 is 1.11 bits per heavy atom. The summed E-state index contributed by atoms with van der Waals surface area (Å²) in [7, 11) is 0. The second kappa shape index (κ2) is 4.78. The zero-order valence-electron chi connectivity index (χ0n) is 10.2. The van der Waals surface area contributed by atoms with Crippen LogP contribution in [0.1, 0.15) is 12.5 Å². The first-order chi connectivity index (χ1) is 8.85. The largest absolute Gasteiger partial charge is 0.332 e. The van der Waals surface area contributed by atoms with Gasteiger partial charge < -0.3 is 5.32 Å². The van der Waals surface area contributed by atoms with E-state index in [-0.39, 0.29) is 0 Å². The molecule has 0 amide bonds. The van der Waals surface area contributed by atoms with Gasteiger partial charge in [0.05, 0.1) is 10.2 Å². The number of nitrogens with one attached hydrogen (secondary N) is 1. The minimum absolute atomic E-state index is 0.949. The lowest BCUT2D eigenvalue weighted by Gasteiger charge is -1.99. The Hall–Kier alpha value is -1.87. The average molecular weight is 254 g/mol. The lowest BCUT2D eigenvalue weighted by molar-refractivity contribution is 1.15. The third kappa shape index (κ3) is 2.22. The molecule has 2 nitrogen and oxygen atoms in total. The number of aryl methyl sites for hydroxylation is 1. The number of aromatic nitrogens is 1. The molecular formula is C15H14N2S. The van der Waals surface area contributed by atoms with E-state index in [1.54, 1.807) is 11.3 Å². The predicted molar refractivity (Wildman–Crippen MR) is 78.7 cm³/mol. The Morgan fingerprint density at radius 3 is 2.72 bits per heavy atom. The van der Waals surface area contributed by atoms with Gasteiger partial charge in [0, 0.05) is 5.69 Å². The van der Waals surface area contributed by atoms with Crippen LogP contribution in [-0.4, -0.2) is 4.98 Å². The number of para-hydroxylation sites is 1. The third-order valence-electron chi connectivity index (χ3n) is 2.89. The zero-order chi connectivity index (χ0) is 12.4. The van der Waals surface area contributed by atoms with E-state index >= 15 is 0 Å². The van der Waals surface area contributed by atoms with Gasteiger partial charge in [-0.3, -0.25) is 0 Å². The highest BCUT2D eigenvalue weighted by atomic mass is 32.1. The number of thiazole rings is 1. The van der Waals surface area contributed by atoms with Crippen LogP contribution in [0.3, 0.4) is 0 Å². The van der Waals surface area contributed by atoms with Crippen molar-refractivity contribution in [1.82, 2.24) is 4.98 Å². The minimum atomic E-state index is 0.949. The van der Waals surface area contributed by atoms with E-state index in [9.17, 15) is 0 Å². The van der Waals surface area contributed by atoms with Crippen LogP contribution < -0.4 is 5.32 Å². The van der Waals surface area contributed by atoms with E-state index in [0.717, 1.165) is 22.8 Å². The van der Waals surface area contributed by atoms with Crippen molar-refractivity contribution < 1.29 is 0 Å². The maximum Gasteiger partial charge on any atom is 0.188 e. The molecule has 0 saturated carbocycles. The highest BCUT2D eigenvalue weighted by Gasteiger charge is 2.04. The lowest BCUT2D eigenvalue weighted by atomic mass is 10.2. The Balaban J connectivity index is 1.94. The fraction of sp³-hybridized carbons (Fsp3) is 0.133. The topological polar surface area (TPSA) is 24.9 Å². The molecule has 3 aromatic rings. The van der Waals surface area contributed by atoms with E-state index in [0.29, 0.717) is 0 Å². The number of nitrogens with zero attached hydrogens (tertiary/aromatic N) is 1. The summed E-state index contributed by atoms with van der Waals surface area (Å²) >= 11 is 1.70. The van der Waals surface area contributed by atoms with Gasteiger partial charge in [0.1, 0.15) is 0 Å². The van der Waals surface area contributed by atoms with Gasteiger partial charge in [-0.1, -0.05) is 42.5 Å². The monoisotopic (exact) mass is 254 g/mol. The fourth-order valence-corrected chi connectivity index (χ4v) is 2.84. The van der Waals surface area contributed by atoms with Crippen molar-refractivity contribution in [2.24, 2.45) is 0 Å². The molecule has 18 heavy (non-hydrogen) atoms. The third-order valence-corrected chi connectivity index (χ3v) is 3.82. The fourth-order valence-electron chi connectivity index (χ4n) is 1.89. The quantitative estimate of drug-likeness (QED) is 0.738. The van der Waals surface area contributed by atoms with Gasteiger partial charge in [-0.15, -0.1) is 0 Å². The van der Waals surface area contributed by atoms with Gasteiger partial charge in [0.25, 0.3) is 0 Å². The molecule has 0 aliphatic carbocycles. The standard InChI is InChI=1S/C15H14N2S/c1-2-11-8-9-13-14(10-11)18-15(17-13)16-12-6-4-3-5-7-12/h3-10H,2H2,1H3,(H,16,17). The Kier molecular flexibility index (Phi) is 2.99. The maximum absolute atomic E-state index is 4.59. The van der Waals surface area contributed by atoms with Crippen LogP contribution >= 0.6 is 11.3 Å². The molecule has 90 valence electrons. The summed E-state index contributed by atoms with van der Waals surface area (Å²) in [5.74, 6) is 0. The summed E-state index contributed by atoms with van der Waals surface area (Å²) in [5.41, 5.74) is 3.50. The predicted octanol–water partition coefficient (Wildman–Crippen LogP) is 4.60. The van der Waals surface area contributed by atoms with Gasteiger partial charge in [-0.2, -0.15) is 0 Å². The summed E-state index contributed by atoms with van der Waals surface area (Å²) in [6.45, 7) is 2.17. The first-order valence-electron chi connectivity index (χ1n) is 6.06. The van der Waals surface area contributed by atoms with Gasteiger partial charge >= 0.3 is 0 Å². The maximum atomic E-state index is 4.59. The number of hydrogen-bond donors (Lipinski definition) is 1. The summed E-state index contributed by atoms with van der Waals surface area (Å²) in [6, 6.07) is 16.6. The van der Waals surface area contributed by atoms with E-state index < -0.39 is 0 Å². The Labute approximate surface area is 110 Å². The zero-order valence-corrected chi connectivity index (χ0v) is 11.0. The highest BCUT2D eigenvalue weighted by Crippen LogP contribution is 2.29. The van der Waals surface area contributed by atoms with E-state index in [2.05, 4.69) is 35.4 Å². The Bertz CT molecular complexity index is 659. The molecule has 0 unspecified atom stereocenters. The van der Waals surface area contributed by atoms with E-state index in [1.807, 2.05) is 30.3 Å². The number of anilines is 2. The van der Waals surface area contributed by atoms with E-state index in [4.69, 9.17) is 0 Å². The van der Waals surface area contributed by atoms with Gasteiger partial charge in [-0.25, -0.2) is 4.98 Å². The van der Waals surface area contributed by atoms with Crippen LogP contribution in [0, 0.1) is 0 Å². The molecule has 1 heterocycles. The first-order valence-corrected chi connectivity index (χ1v) is 6.88. The molecule has 0 atom stereocenters. The molecule has 0 bridgehead atoms. The second-order valence-electron chi connectivity index (χ2n) is 4.17. The van der Waals surface area contributed by atoms with Gasteiger partial charge in [0.2, 0.25) is 0 Å². The summed E-state index contributed by atoms with van der Waals surface area (Å²) < 4.78 is 1.24. The van der Waals surface area contributed by atoms with Crippen LogP contribution in [0.25, 0.3) is 10.2 Å². The van der Waals surface area contributed by atoms with Crippen molar-refractivity contribution >= 4 is 32.4 Å². The van der Waals surface area contributed by atoms with Crippen LogP contribution in [-0.2, 0) is 6.42 Å². The number of hydrogen-bond acceptors (Lipinski definition) is 3. The molecule has 0 radical (unpaired) electrons. The van der Waals surface area contributed by atoms with Crippen molar-refractivity contribution in [3.63, 3.8) is 0 Å². The normalized spacial score (nSPS) is 10.7. The van der Waals surface area contributed by atoms with Crippen molar-refractivity contribution in [2.75, 3.05) is 5.32 Å². The molecule has 1 N–H and O–H groups in total. The van der Waals surface area contributed by atoms with Crippen molar-refractivity contribution in [3.8, 4) is 0 Å². The SMILES string of the molecule is CCc1ccc2nc(Nc3ccccc3)sc2c1. The van der Waals surface area contributed by atoms with Crippen LogP contribution in [0.5, 0.6) is 0 Å². The minimum Gasteiger partial charge on any atom is -0.332 e. The van der Waals surface area contributed by atoms with Crippen LogP contribution in [0.4, 0.5) is 10.8 Å². The summed E-state index contributed by atoms with van der Waals surface area (Å²) in [4.78, 5) is 4.59. The smallest absolute Gasteiger partial charge is 0.188 e. The van der Waals surface area contributed by atoms with Gasteiger partial charge in [0.15, 0.2) is 5.13 Å². The number of rotatable bonds is 3. The lowest BCUT2D eigenvalue weighted by Crippen LogP contribution is -1.87. The molecular weight excluding hydrogens is 240 g/mol. The molecule has 3 rings (SSSR count). The molecule has 0 fully saturated rings. The molecule has 0 aliphatic heterocycles. The van der Waals surface area contributed by atoms with E-state index in [1.165, 1.54) is 10.3 Å². The molecule has 3 heteroatoms. The second-order valence-corrected chi connectivity index (χ2v) is 5.20. The average Bonchev–Trinajstić information content (AvgIpc) is 2.80. The summed E-state index contributed by atoms with van der Waals surface area (Å²) in [6.07, 6.45) is 1.06. The van der Waals surface area contributed by atoms with Crippen molar-refractivity contribution in [1.29, 1.82) is 0 Å². The molecule has 0 aliphatic rings. The Morgan fingerprint density at radius 2 is 1.94 bits per heavy atom. The number of benzene rings is 2. The van der Waals surface area contributed by atoms with Gasteiger partial charge in [-0.05, 0) is 36.2 Å². The van der Waals surface area contributed by atoms with Crippen LogP contribution in [0.2, 0.25) is 0 Å². The van der Waals surface area contributed by atoms with Crippen molar-refractivity contribution in [3.05, 3.63) is 54.1 Å². The highest BCUT2D eigenvalue weighted by molar-refractivity contribution is 7.22.